The van der Waals surface area contributed by atoms with Gasteiger partial charge in [-0.25, -0.2) is 0 Å². The van der Waals surface area contributed by atoms with Crippen molar-refractivity contribution in [1.82, 2.24) is 10.6 Å². The van der Waals surface area contributed by atoms with E-state index < -0.39 is 15.9 Å². The molecule has 1 aromatic rings. The van der Waals surface area contributed by atoms with Gasteiger partial charge in [-0.15, -0.1) is 0 Å². The van der Waals surface area contributed by atoms with Gasteiger partial charge in [-0.2, -0.15) is 0 Å². The standard InChI is InChI=1S/C16H23N3O4/c1-15(2,3)14(21)17-10-13(20)18-16(4,5)11-6-8-12(9-7-11)19(22)23/h6-9H,10H2,1-5H3,(H,17,21)(H,18,20). The molecule has 0 saturated carbocycles. The summed E-state index contributed by atoms with van der Waals surface area (Å²) in [5.41, 5.74) is -0.542. The number of nitrogens with one attached hydrogen (secondary N) is 2. The van der Waals surface area contributed by atoms with Gasteiger partial charge in [0.2, 0.25) is 11.8 Å². The van der Waals surface area contributed by atoms with Crippen LogP contribution in [0.1, 0.15) is 40.2 Å². The first kappa shape index (κ1) is 18.6. The Hall–Kier alpha value is -2.44. The number of nitro benzene ring substituents is 1. The maximum atomic E-state index is 12.0. The molecular weight excluding hydrogens is 298 g/mol. The van der Waals surface area contributed by atoms with Crippen LogP contribution in [-0.4, -0.2) is 23.3 Å². The molecule has 0 bridgehead atoms. The number of nitrogens with zero attached hydrogens (tertiary/aromatic N) is 1. The molecule has 0 aliphatic carbocycles. The first-order chi connectivity index (χ1) is 10.4. The van der Waals surface area contributed by atoms with Gasteiger partial charge in [-0.1, -0.05) is 20.8 Å². The van der Waals surface area contributed by atoms with Crippen LogP contribution >= 0.6 is 0 Å². The molecule has 0 fully saturated rings. The lowest BCUT2D eigenvalue weighted by molar-refractivity contribution is -0.384. The van der Waals surface area contributed by atoms with E-state index in [2.05, 4.69) is 10.6 Å². The van der Waals surface area contributed by atoms with Crippen molar-refractivity contribution in [3.8, 4) is 0 Å². The Kier molecular flexibility index (Phi) is 5.47. The molecule has 0 aromatic heterocycles. The average Bonchev–Trinajstić information content (AvgIpc) is 2.43. The average molecular weight is 321 g/mol. The SMILES string of the molecule is CC(C)(C)C(=O)NCC(=O)NC(C)(C)c1ccc([N+](=O)[O-])cc1. The van der Waals surface area contributed by atoms with Crippen molar-refractivity contribution in [3.63, 3.8) is 0 Å². The molecule has 0 aliphatic heterocycles. The fraction of sp³-hybridized carbons (Fsp3) is 0.500. The number of non-ortho nitro benzene ring substituents is 1. The molecule has 7 nitrogen and oxygen atoms in total. The third kappa shape index (κ3) is 5.36. The third-order valence-corrected chi connectivity index (χ3v) is 3.34. The summed E-state index contributed by atoms with van der Waals surface area (Å²) in [6.45, 7) is 8.75. The molecule has 0 aliphatic rings. The molecule has 2 N–H and O–H groups in total. The summed E-state index contributed by atoms with van der Waals surface area (Å²) < 4.78 is 0. The minimum Gasteiger partial charge on any atom is -0.347 e. The summed E-state index contributed by atoms with van der Waals surface area (Å²) in [5, 5.41) is 16.1. The zero-order valence-corrected chi connectivity index (χ0v) is 14.1. The van der Waals surface area contributed by atoms with Crippen molar-refractivity contribution in [2.45, 2.75) is 40.2 Å². The van der Waals surface area contributed by atoms with E-state index in [1.165, 1.54) is 12.1 Å². The summed E-state index contributed by atoms with van der Waals surface area (Å²) in [6.07, 6.45) is 0. The summed E-state index contributed by atoms with van der Waals surface area (Å²) in [6, 6.07) is 5.99. The number of carbonyl (C=O) groups is 2. The van der Waals surface area contributed by atoms with Gasteiger partial charge >= 0.3 is 0 Å². The number of benzene rings is 1. The molecule has 0 unspecified atom stereocenters. The smallest absolute Gasteiger partial charge is 0.269 e. The van der Waals surface area contributed by atoms with E-state index >= 15 is 0 Å². The first-order valence-electron chi connectivity index (χ1n) is 7.28. The number of hydrogen-bond donors (Lipinski definition) is 2. The van der Waals surface area contributed by atoms with Crippen LogP contribution in [-0.2, 0) is 15.1 Å². The van der Waals surface area contributed by atoms with Gasteiger partial charge in [-0.3, -0.25) is 19.7 Å². The third-order valence-electron chi connectivity index (χ3n) is 3.34. The van der Waals surface area contributed by atoms with Crippen LogP contribution in [0.5, 0.6) is 0 Å². The van der Waals surface area contributed by atoms with E-state index in [9.17, 15) is 19.7 Å². The monoisotopic (exact) mass is 321 g/mol. The molecule has 0 atom stereocenters. The van der Waals surface area contributed by atoms with E-state index in [-0.39, 0.29) is 24.0 Å². The highest BCUT2D eigenvalue weighted by molar-refractivity contribution is 5.87. The van der Waals surface area contributed by atoms with Gasteiger partial charge in [0.1, 0.15) is 0 Å². The van der Waals surface area contributed by atoms with E-state index in [1.54, 1.807) is 46.8 Å². The van der Waals surface area contributed by atoms with Crippen molar-refractivity contribution in [1.29, 1.82) is 0 Å². The summed E-state index contributed by atoms with van der Waals surface area (Å²) >= 11 is 0. The Bertz CT molecular complexity index is 601. The molecule has 1 rings (SSSR count). The number of rotatable bonds is 5. The van der Waals surface area contributed by atoms with Gasteiger partial charge in [0, 0.05) is 17.5 Å². The number of carbonyl (C=O) groups excluding carboxylic acids is 2. The largest absolute Gasteiger partial charge is 0.347 e. The molecule has 23 heavy (non-hydrogen) atoms. The highest BCUT2D eigenvalue weighted by Crippen LogP contribution is 2.22. The summed E-state index contributed by atoms with van der Waals surface area (Å²) in [4.78, 5) is 33.9. The van der Waals surface area contributed by atoms with Gasteiger partial charge in [0.15, 0.2) is 0 Å². The number of hydrogen-bond acceptors (Lipinski definition) is 4. The second-order valence-corrected chi connectivity index (χ2v) is 6.91. The second kappa shape index (κ2) is 6.76. The Labute approximate surface area is 135 Å². The minimum atomic E-state index is -0.710. The highest BCUT2D eigenvalue weighted by Gasteiger charge is 2.25. The van der Waals surface area contributed by atoms with Gasteiger partial charge in [-0.05, 0) is 31.5 Å². The molecule has 0 saturated heterocycles. The molecule has 0 spiro atoms. The molecule has 2 amide bonds. The predicted octanol–water partition coefficient (Wildman–Crippen LogP) is 2.11. The van der Waals surface area contributed by atoms with Crippen LogP contribution in [0.25, 0.3) is 0 Å². The van der Waals surface area contributed by atoms with Crippen molar-refractivity contribution in [2.75, 3.05) is 6.54 Å². The topological polar surface area (TPSA) is 101 Å². The van der Waals surface area contributed by atoms with E-state index in [0.717, 1.165) is 5.56 Å². The Morgan fingerprint density at radius 1 is 1.09 bits per heavy atom. The van der Waals surface area contributed by atoms with E-state index in [0.29, 0.717) is 0 Å². The Morgan fingerprint density at radius 3 is 2.04 bits per heavy atom. The Balaban J connectivity index is 2.68. The Morgan fingerprint density at radius 2 is 1.61 bits per heavy atom. The van der Waals surface area contributed by atoms with Gasteiger partial charge < -0.3 is 10.6 Å². The predicted molar refractivity (Wildman–Crippen MR) is 86.7 cm³/mol. The van der Waals surface area contributed by atoms with Crippen LogP contribution < -0.4 is 10.6 Å². The maximum absolute atomic E-state index is 12.0. The zero-order chi connectivity index (χ0) is 17.8. The molecule has 1 aromatic carbocycles. The number of nitro groups is 1. The van der Waals surface area contributed by atoms with E-state index in [4.69, 9.17) is 0 Å². The summed E-state index contributed by atoms with van der Waals surface area (Å²) in [7, 11) is 0. The second-order valence-electron chi connectivity index (χ2n) is 6.91. The fourth-order valence-electron chi connectivity index (χ4n) is 1.89. The zero-order valence-electron chi connectivity index (χ0n) is 14.1. The quantitative estimate of drug-likeness (QED) is 0.640. The van der Waals surface area contributed by atoms with Crippen molar-refractivity contribution in [2.24, 2.45) is 5.41 Å². The van der Waals surface area contributed by atoms with Crippen molar-refractivity contribution in [3.05, 3.63) is 39.9 Å². The molecule has 0 radical (unpaired) electrons. The first-order valence-corrected chi connectivity index (χ1v) is 7.28. The highest BCUT2D eigenvalue weighted by atomic mass is 16.6. The van der Waals surface area contributed by atoms with Gasteiger partial charge in [0.05, 0.1) is 17.0 Å². The van der Waals surface area contributed by atoms with Crippen molar-refractivity contribution < 1.29 is 14.5 Å². The molecule has 126 valence electrons. The molecular formula is C16H23N3O4. The number of amides is 2. The minimum absolute atomic E-state index is 0.00619. The lowest BCUT2D eigenvalue weighted by Gasteiger charge is -2.27. The van der Waals surface area contributed by atoms with Crippen LogP contribution in [0.3, 0.4) is 0 Å². The van der Waals surface area contributed by atoms with Crippen LogP contribution in [0.4, 0.5) is 5.69 Å². The normalized spacial score (nSPS) is 11.7. The maximum Gasteiger partial charge on any atom is 0.269 e. The lowest BCUT2D eigenvalue weighted by atomic mass is 9.94. The lowest BCUT2D eigenvalue weighted by Crippen LogP contribution is -2.47. The van der Waals surface area contributed by atoms with Crippen molar-refractivity contribution >= 4 is 17.5 Å². The van der Waals surface area contributed by atoms with Crippen LogP contribution in [0.15, 0.2) is 24.3 Å². The molecule has 0 heterocycles. The van der Waals surface area contributed by atoms with Crippen LogP contribution in [0.2, 0.25) is 0 Å². The summed E-state index contributed by atoms with van der Waals surface area (Å²) in [5.74, 6) is -0.535. The van der Waals surface area contributed by atoms with E-state index in [1.807, 2.05) is 0 Å². The molecule has 7 heteroatoms. The fourth-order valence-corrected chi connectivity index (χ4v) is 1.89. The van der Waals surface area contributed by atoms with Gasteiger partial charge in [0.25, 0.3) is 5.69 Å². The van der Waals surface area contributed by atoms with Crippen LogP contribution in [0, 0.1) is 15.5 Å².